The molecule has 0 fully saturated rings. The van der Waals surface area contributed by atoms with Gasteiger partial charge in [-0.05, 0) is 57.5 Å². The first-order valence-corrected chi connectivity index (χ1v) is 13.8. The second-order valence-corrected chi connectivity index (χ2v) is 9.90. The third kappa shape index (κ3) is 5.15. The molecule has 3 heterocycles. The fraction of sp³-hybridized carbons (Fsp3) is 0.321. The number of hydrogen-bond donors (Lipinski definition) is 0. The van der Waals surface area contributed by atoms with Crippen molar-refractivity contribution >= 4 is 29.1 Å². The largest absolute Gasteiger partial charge is 0.490 e. The van der Waals surface area contributed by atoms with Crippen molar-refractivity contribution < 1.29 is 33.4 Å². The highest BCUT2D eigenvalue weighted by molar-refractivity contribution is 7.07. The minimum Gasteiger partial charge on any atom is -0.490 e. The van der Waals surface area contributed by atoms with Crippen molar-refractivity contribution in [3.8, 4) is 23.0 Å². The lowest BCUT2D eigenvalue weighted by molar-refractivity contribution is -0.385. The Balaban J connectivity index is 1.73. The molecule has 2 aliphatic rings. The van der Waals surface area contributed by atoms with E-state index in [1.807, 2.05) is 13.8 Å². The van der Waals surface area contributed by atoms with Crippen molar-refractivity contribution in [2.75, 3.05) is 26.6 Å². The zero-order chi connectivity index (χ0) is 29.3. The Morgan fingerprint density at radius 2 is 1.83 bits per heavy atom. The summed E-state index contributed by atoms with van der Waals surface area (Å²) < 4.78 is 29.1. The van der Waals surface area contributed by atoms with Gasteiger partial charge in [0, 0.05) is 0 Å². The number of allylic oxidation sites excluding steroid dienone is 1. The van der Waals surface area contributed by atoms with Gasteiger partial charge in [-0.3, -0.25) is 19.5 Å². The molecule has 214 valence electrons. The monoisotopic (exact) mass is 581 g/mol. The third-order valence-corrected chi connectivity index (χ3v) is 7.39. The van der Waals surface area contributed by atoms with Gasteiger partial charge in [0.15, 0.2) is 27.8 Å². The third-order valence-electron chi connectivity index (χ3n) is 6.41. The molecule has 5 rings (SSSR count). The van der Waals surface area contributed by atoms with Crippen LogP contribution in [0.3, 0.4) is 0 Å². The summed E-state index contributed by atoms with van der Waals surface area (Å²) in [5.41, 5.74) is 0.617. The van der Waals surface area contributed by atoms with Crippen molar-refractivity contribution in [2.45, 2.75) is 33.7 Å². The van der Waals surface area contributed by atoms with Gasteiger partial charge in [-0.15, -0.1) is 0 Å². The zero-order valence-electron chi connectivity index (χ0n) is 22.8. The molecule has 12 nitrogen and oxygen atoms in total. The summed E-state index contributed by atoms with van der Waals surface area (Å²) >= 11 is 1.06. The molecule has 2 aliphatic heterocycles. The summed E-state index contributed by atoms with van der Waals surface area (Å²) in [6, 6.07) is 7.06. The van der Waals surface area contributed by atoms with E-state index >= 15 is 0 Å². The number of ether oxygens (including phenoxy) is 5. The normalized spacial score (nSPS) is 15.8. The number of fused-ring (bicyclic) bond motifs is 2. The second-order valence-electron chi connectivity index (χ2n) is 8.90. The SMILES string of the molecule is CCOC(=O)C1=C(C)N=c2s/c(=C\c3cc4c(cc3[N+](=O)[O-])OCO4)c(=O)n2[C@H]1c1ccc(OCC)c(OCC)c1. The van der Waals surface area contributed by atoms with Gasteiger partial charge in [-0.25, -0.2) is 9.79 Å². The quantitative estimate of drug-likeness (QED) is 0.212. The first kappa shape index (κ1) is 27.9. The maximum absolute atomic E-state index is 14.0. The molecule has 0 bridgehead atoms. The van der Waals surface area contributed by atoms with E-state index in [-0.39, 0.29) is 40.5 Å². The number of nitrogens with zero attached hydrogens (tertiary/aromatic N) is 3. The molecule has 0 amide bonds. The number of aromatic nitrogens is 1. The van der Waals surface area contributed by atoms with Gasteiger partial charge in [0.05, 0.1) is 58.2 Å². The summed E-state index contributed by atoms with van der Waals surface area (Å²) in [5.74, 6) is 0.976. The fourth-order valence-electron chi connectivity index (χ4n) is 4.71. The van der Waals surface area contributed by atoms with E-state index in [0.717, 1.165) is 11.3 Å². The molecule has 0 unspecified atom stereocenters. The van der Waals surface area contributed by atoms with Crippen LogP contribution in [-0.4, -0.2) is 42.1 Å². The number of nitro benzene ring substituents is 1. The number of benzene rings is 2. The van der Waals surface area contributed by atoms with E-state index in [9.17, 15) is 19.7 Å². The van der Waals surface area contributed by atoms with Crippen LogP contribution in [-0.2, 0) is 9.53 Å². The molecule has 0 saturated heterocycles. The van der Waals surface area contributed by atoms with E-state index in [0.29, 0.717) is 46.5 Å². The molecular weight excluding hydrogens is 554 g/mol. The summed E-state index contributed by atoms with van der Waals surface area (Å²) in [7, 11) is 0. The van der Waals surface area contributed by atoms with Crippen molar-refractivity contribution in [3.05, 3.63) is 82.5 Å². The summed E-state index contributed by atoms with van der Waals surface area (Å²) in [4.78, 5) is 43.3. The number of carbonyl (C=O) groups excluding carboxylic acids is 1. The van der Waals surface area contributed by atoms with Crippen LogP contribution < -0.4 is 33.8 Å². The molecule has 0 aliphatic carbocycles. The van der Waals surface area contributed by atoms with Gasteiger partial charge in [0.1, 0.15) is 0 Å². The predicted octanol–water partition coefficient (Wildman–Crippen LogP) is 3.23. The summed E-state index contributed by atoms with van der Waals surface area (Å²) in [6.07, 6.45) is 1.42. The number of esters is 1. The first-order chi connectivity index (χ1) is 19.8. The smallest absolute Gasteiger partial charge is 0.338 e. The van der Waals surface area contributed by atoms with Gasteiger partial charge in [-0.1, -0.05) is 17.4 Å². The van der Waals surface area contributed by atoms with Crippen molar-refractivity contribution in [1.82, 2.24) is 4.57 Å². The van der Waals surface area contributed by atoms with E-state index in [2.05, 4.69) is 4.99 Å². The van der Waals surface area contributed by atoms with Crippen LogP contribution in [0.1, 0.15) is 44.9 Å². The van der Waals surface area contributed by atoms with E-state index in [1.165, 1.54) is 22.8 Å². The second kappa shape index (κ2) is 11.5. The van der Waals surface area contributed by atoms with Gasteiger partial charge >= 0.3 is 5.97 Å². The zero-order valence-corrected chi connectivity index (χ0v) is 23.6. The molecule has 2 aromatic carbocycles. The molecule has 13 heteroatoms. The Labute approximate surface area is 237 Å². The molecule has 1 aromatic heterocycles. The average Bonchev–Trinajstić information content (AvgIpc) is 3.52. The van der Waals surface area contributed by atoms with E-state index in [4.69, 9.17) is 23.7 Å². The number of thiazole rings is 1. The molecule has 0 spiro atoms. The number of hydrogen-bond acceptors (Lipinski definition) is 11. The Morgan fingerprint density at radius 1 is 1.12 bits per heavy atom. The van der Waals surface area contributed by atoms with Crippen LogP contribution in [0.4, 0.5) is 5.69 Å². The molecule has 0 N–H and O–H groups in total. The topological polar surface area (TPSA) is 141 Å². The predicted molar refractivity (Wildman–Crippen MR) is 148 cm³/mol. The Morgan fingerprint density at radius 3 is 2.51 bits per heavy atom. The van der Waals surface area contributed by atoms with Gasteiger partial charge in [0.2, 0.25) is 6.79 Å². The molecule has 0 saturated carbocycles. The average molecular weight is 582 g/mol. The fourth-order valence-corrected chi connectivity index (χ4v) is 5.74. The molecule has 41 heavy (non-hydrogen) atoms. The molecule has 1 atom stereocenters. The van der Waals surface area contributed by atoms with E-state index in [1.54, 1.807) is 32.0 Å². The number of carbonyl (C=O) groups is 1. The lowest BCUT2D eigenvalue weighted by Gasteiger charge is -2.25. The lowest BCUT2D eigenvalue weighted by atomic mass is 9.95. The van der Waals surface area contributed by atoms with Crippen LogP contribution in [0, 0.1) is 10.1 Å². The van der Waals surface area contributed by atoms with Gasteiger partial charge in [-0.2, -0.15) is 0 Å². The van der Waals surface area contributed by atoms with Crippen LogP contribution in [0.2, 0.25) is 0 Å². The Kier molecular flexibility index (Phi) is 7.79. The minimum absolute atomic E-state index is 0.0557. The minimum atomic E-state index is -0.894. The van der Waals surface area contributed by atoms with Crippen LogP contribution in [0.25, 0.3) is 6.08 Å². The van der Waals surface area contributed by atoms with Gasteiger partial charge < -0.3 is 23.7 Å². The van der Waals surface area contributed by atoms with Crippen molar-refractivity contribution in [1.29, 1.82) is 0 Å². The Hall–Kier alpha value is -4.65. The maximum atomic E-state index is 14.0. The summed E-state index contributed by atoms with van der Waals surface area (Å²) in [5, 5.41) is 11.8. The molecular formula is C28H27N3O9S. The molecule has 3 aromatic rings. The summed E-state index contributed by atoms with van der Waals surface area (Å²) in [6.45, 7) is 7.95. The highest BCUT2D eigenvalue weighted by Gasteiger charge is 2.34. The lowest BCUT2D eigenvalue weighted by Crippen LogP contribution is -2.40. The molecule has 0 radical (unpaired) electrons. The van der Waals surface area contributed by atoms with Gasteiger partial charge in [0.25, 0.3) is 11.2 Å². The van der Waals surface area contributed by atoms with E-state index < -0.39 is 22.5 Å². The number of nitro groups is 1. The highest BCUT2D eigenvalue weighted by atomic mass is 32.1. The van der Waals surface area contributed by atoms with Crippen LogP contribution in [0.5, 0.6) is 23.0 Å². The first-order valence-electron chi connectivity index (χ1n) is 12.9. The van der Waals surface area contributed by atoms with Crippen molar-refractivity contribution in [3.63, 3.8) is 0 Å². The number of rotatable bonds is 9. The highest BCUT2D eigenvalue weighted by Crippen LogP contribution is 2.39. The maximum Gasteiger partial charge on any atom is 0.338 e. The van der Waals surface area contributed by atoms with Crippen LogP contribution in [0.15, 0.2) is 51.4 Å². The standard InChI is InChI=1S/C28H27N3O9S/c1-5-36-19-9-8-16(10-20(19)37-6-2)25-24(27(33)38-7-3)15(4)29-28-30(25)26(32)23(41-28)12-17-11-21-22(40-14-39-21)13-18(17)31(34)35/h8-13,25H,5-7,14H2,1-4H3/b23-12-/t25-/m0/s1. The van der Waals surface area contributed by atoms with Crippen molar-refractivity contribution in [2.24, 2.45) is 4.99 Å². The van der Waals surface area contributed by atoms with Crippen LogP contribution >= 0.6 is 11.3 Å². The Bertz CT molecular complexity index is 1760.